The van der Waals surface area contributed by atoms with E-state index in [0.29, 0.717) is 60.7 Å². The number of H-pyrrole nitrogens is 1. The Labute approximate surface area is 261 Å². The molecule has 1 amide bonds. The second kappa shape index (κ2) is 13.3. The van der Waals surface area contributed by atoms with Crippen molar-refractivity contribution in [2.24, 2.45) is 20.7 Å². The number of pyridine rings is 1. The molecule has 1 saturated heterocycles. The summed E-state index contributed by atoms with van der Waals surface area (Å²) >= 11 is 0. The maximum Gasteiger partial charge on any atom is 0.295 e. The highest BCUT2D eigenvalue weighted by molar-refractivity contribution is 6.45. The number of hydrogen-bond acceptors (Lipinski definition) is 8. The Morgan fingerprint density at radius 1 is 1.11 bits per heavy atom. The fraction of sp³-hybridized carbons (Fsp3) is 0.333. The molecule has 2 aliphatic rings. The van der Waals surface area contributed by atoms with Crippen LogP contribution in [0.1, 0.15) is 49.0 Å². The van der Waals surface area contributed by atoms with E-state index in [2.05, 4.69) is 38.2 Å². The van der Waals surface area contributed by atoms with Gasteiger partial charge in [-0.3, -0.25) is 9.59 Å². The molecule has 12 heteroatoms. The zero-order valence-electron chi connectivity index (χ0n) is 26.1. The molecule has 45 heavy (non-hydrogen) atoms. The van der Waals surface area contributed by atoms with Crippen LogP contribution in [0.4, 0.5) is 5.82 Å². The summed E-state index contributed by atoms with van der Waals surface area (Å²) in [6, 6.07) is 10.1. The number of rotatable bonds is 8. The molecule has 1 aromatic carbocycles. The standard InChI is InChI=1S/C33H37N7O5/c1-20(34)37-19-38-30-28-27(25(43-3)18-36-30)24(17-35-28)29(41)32(42)40-15-12-22(13-16-40)26(21-9-7-6-8-10-21)23-11-14-33(2,45-5)39-31(23)44-4/h6-11,17-19,35H,12-16H2,1-5H3,(H2,34,36,37,38). The number of carbonyl (C=O) groups is 2. The van der Waals surface area contributed by atoms with Crippen LogP contribution in [0.25, 0.3) is 16.5 Å². The van der Waals surface area contributed by atoms with Gasteiger partial charge < -0.3 is 29.8 Å². The van der Waals surface area contributed by atoms with Gasteiger partial charge >= 0.3 is 0 Å². The lowest BCUT2D eigenvalue weighted by atomic mass is 9.86. The smallest absolute Gasteiger partial charge is 0.295 e. The van der Waals surface area contributed by atoms with Crippen LogP contribution < -0.4 is 10.5 Å². The molecule has 3 N–H and O–H groups in total. The third-order valence-electron chi connectivity index (χ3n) is 7.98. The predicted octanol–water partition coefficient (Wildman–Crippen LogP) is 4.60. The van der Waals surface area contributed by atoms with Gasteiger partial charge in [0, 0.05) is 38.4 Å². The van der Waals surface area contributed by atoms with E-state index in [1.165, 1.54) is 25.8 Å². The Bertz CT molecular complexity index is 1760. The van der Waals surface area contributed by atoms with E-state index in [0.717, 1.165) is 22.3 Å². The van der Waals surface area contributed by atoms with Crippen molar-refractivity contribution in [1.29, 1.82) is 0 Å². The lowest BCUT2D eigenvalue weighted by molar-refractivity contribution is -0.126. The molecule has 0 radical (unpaired) electrons. The van der Waals surface area contributed by atoms with Crippen molar-refractivity contribution in [2.45, 2.75) is 38.8 Å². The van der Waals surface area contributed by atoms with E-state index in [1.54, 1.807) is 26.0 Å². The Balaban J connectivity index is 1.42. The minimum Gasteiger partial charge on any atom is -0.494 e. The average molecular weight is 612 g/mol. The molecule has 2 aliphatic heterocycles. The molecule has 4 heterocycles. The minimum atomic E-state index is -0.705. The van der Waals surface area contributed by atoms with Crippen molar-refractivity contribution >= 4 is 52.1 Å². The highest BCUT2D eigenvalue weighted by Crippen LogP contribution is 2.38. The molecule has 0 spiro atoms. The maximum absolute atomic E-state index is 13.6. The van der Waals surface area contributed by atoms with Crippen molar-refractivity contribution in [3.63, 3.8) is 0 Å². The number of hydrogen-bond donors (Lipinski definition) is 2. The number of fused-ring (bicyclic) bond motifs is 1. The summed E-state index contributed by atoms with van der Waals surface area (Å²) in [5.74, 6) is 0.235. The van der Waals surface area contributed by atoms with Crippen LogP contribution in [-0.2, 0) is 14.3 Å². The second-order valence-electron chi connectivity index (χ2n) is 10.9. The SMILES string of the molecule is COC1=NC(C)(OC)CC=C1C(=C1CCN(C(=O)C(=O)c2c[nH]c3c(N=CN=C(C)N)ncc(OC)c23)CC1)c1ccccc1. The maximum atomic E-state index is 13.6. The van der Waals surface area contributed by atoms with Crippen molar-refractivity contribution < 1.29 is 23.8 Å². The lowest BCUT2D eigenvalue weighted by Gasteiger charge is -2.32. The Hall–Kier alpha value is -5.10. The predicted molar refractivity (Wildman–Crippen MR) is 174 cm³/mol. The highest BCUT2D eigenvalue weighted by Gasteiger charge is 2.33. The van der Waals surface area contributed by atoms with Gasteiger partial charge in [0.05, 0.1) is 42.7 Å². The van der Waals surface area contributed by atoms with Crippen LogP contribution in [-0.4, -0.2) is 84.8 Å². The fourth-order valence-corrected chi connectivity index (χ4v) is 5.55. The number of nitrogens with one attached hydrogen (secondary N) is 1. The van der Waals surface area contributed by atoms with Gasteiger partial charge in [0.2, 0.25) is 5.90 Å². The van der Waals surface area contributed by atoms with Gasteiger partial charge in [-0.25, -0.2) is 20.0 Å². The molecule has 234 valence electrons. The van der Waals surface area contributed by atoms with Crippen molar-refractivity contribution in [2.75, 3.05) is 34.4 Å². The number of ketones is 1. The molecule has 0 bridgehead atoms. The van der Waals surface area contributed by atoms with Crippen LogP contribution in [0.15, 0.2) is 74.9 Å². The molecular formula is C33H37N7O5. The number of aromatic nitrogens is 2. The molecular weight excluding hydrogens is 574 g/mol. The van der Waals surface area contributed by atoms with Gasteiger partial charge in [-0.2, -0.15) is 0 Å². The zero-order valence-corrected chi connectivity index (χ0v) is 26.1. The molecule has 0 aliphatic carbocycles. The third kappa shape index (κ3) is 6.41. The minimum absolute atomic E-state index is 0.185. The van der Waals surface area contributed by atoms with Gasteiger partial charge in [0.15, 0.2) is 11.5 Å². The number of aliphatic imine (C=N–C) groups is 3. The summed E-state index contributed by atoms with van der Waals surface area (Å²) in [5, 5.41) is 0.425. The average Bonchev–Trinajstić information content (AvgIpc) is 3.51. The van der Waals surface area contributed by atoms with E-state index in [1.807, 2.05) is 25.1 Å². The monoisotopic (exact) mass is 611 g/mol. The molecule has 1 unspecified atom stereocenters. The van der Waals surface area contributed by atoms with E-state index >= 15 is 0 Å². The van der Waals surface area contributed by atoms with Crippen LogP contribution in [0.3, 0.4) is 0 Å². The molecule has 3 aromatic rings. The lowest BCUT2D eigenvalue weighted by Crippen LogP contribution is -2.41. The van der Waals surface area contributed by atoms with Crippen molar-refractivity contribution in [3.8, 4) is 5.75 Å². The van der Waals surface area contributed by atoms with Crippen molar-refractivity contribution in [1.82, 2.24) is 14.9 Å². The number of ether oxygens (including phenoxy) is 3. The Kier molecular flexibility index (Phi) is 9.24. The first kappa shape index (κ1) is 31.3. The highest BCUT2D eigenvalue weighted by atomic mass is 16.5. The fourth-order valence-electron chi connectivity index (χ4n) is 5.55. The number of piperidine rings is 1. The number of benzene rings is 1. The van der Waals surface area contributed by atoms with E-state index in [4.69, 9.17) is 24.9 Å². The van der Waals surface area contributed by atoms with E-state index in [9.17, 15) is 9.59 Å². The number of nitrogens with zero attached hydrogens (tertiary/aromatic N) is 5. The summed E-state index contributed by atoms with van der Waals surface area (Å²) in [5.41, 5.74) is 9.64. The number of carbonyl (C=O) groups excluding carboxylic acids is 2. The summed E-state index contributed by atoms with van der Waals surface area (Å²) in [4.78, 5) is 49.1. The van der Waals surface area contributed by atoms with Crippen molar-refractivity contribution in [3.05, 3.63) is 71.1 Å². The summed E-state index contributed by atoms with van der Waals surface area (Å²) in [6.07, 6.45) is 8.08. The van der Waals surface area contributed by atoms with Crippen LogP contribution >= 0.6 is 0 Å². The second-order valence-corrected chi connectivity index (χ2v) is 10.9. The largest absolute Gasteiger partial charge is 0.494 e. The molecule has 1 fully saturated rings. The number of dihydropyridines is 1. The van der Waals surface area contributed by atoms with E-state index in [-0.39, 0.29) is 11.4 Å². The first-order valence-electron chi connectivity index (χ1n) is 14.6. The first-order chi connectivity index (χ1) is 21.7. The number of amidine groups is 1. The van der Waals surface area contributed by atoms with E-state index < -0.39 is 17.4 Å². The van der Waals surface area contributed by atoms with Gasteiger partial charge in [0.25, 0.3) is 11.7 Å². The molecule has 12 nitrogen and oxygen atoms in total. The van der Waals surface area contributed by atoms with Gasteiger partial charge in [-0.05, 0) is 37.8 Å². The normalized spacial score (nSPS) is 19.0. The third-order valence-corrected chi connectivity index (χ3v) is 7.98. The topological polar surface area (TPSA) is 157 Å². The number of aromatic amines is 1. The summed E-state index contributed by atoms with van der Waals surface area (Å²) in [7, 11) is 4.72. The number of Topliss-reactive ketones (excluding diaryl/α,β-unsaturated/α-hetero) is 1. The number of methoxy groups -OCH3 is 3. The Morgan fingerprint density at radius 3 is 2.49 bits per heavy atom. The van der Waals surface area contributed by atoms with Crippen LogP contribution in [0, 0.1) is 0 Å². The molecule has 5 rings (SSSR count). The summed E-state index contributed by atoms with van der Waals surface area (Å²) in [6.45, 7) is 4.32. The van der Waals surface area contributed by atoms with Gasteiger partial charge in [-0.1, -0.05) is 42.0 Å². The van der Waals surface area contributed by atoms with Crippen LogP contribution in [0.5, 0.6) is 5.75 Å². The number of likely N-dealkylation sites (tertiary alicyclic amines) is 1. The first-order valence-corrected chi connectivity index (χ1v) is 14.6. The quantitative estimate of drug-likeness (QED) is 0.163. The van der Waals surface area contributed by atoms with Crippen LogP contribution in [0.2, 0.25) is 0 Å². The molecule has 1 atom stereocenters. The van der Waals surface area contributed by atoms with Gasteiger partial charge in [0.1, 0.15) is 12.1 Å². The number of amides is 1. The molecule has 2 aromatic heterocycles. The summed E-state index contributed by atoms with van der Waals surface area (Å²) < 4.78 is 16.8. The number of nitrogens with two attached hydrogens (primary N) is 1. The van der Waals surface area contributed by atoms with Gasteiger partial charge in [-0.15, -0.1) is 0 Å². The molecule has 0 saturated carbocycles. The Morgan fingerprint density at radius 2 is 1.84 bits per heavy atom. The zero-order chi connectivity index (χ0) is 32.1.